The molecule has 0 aliphatic rings. The number of hydrogen-bond acceptors (Lipinski definition) is 2. The number of aromatic nitrogens is 1. The minimum absolute atomic E-state index is 1.07. The molecule has 1 aromatic rings. The van der Waals surface area contributed by atoms with Crippen LogP contribution in [0.25, 0.3) is 0 Å². The van der Waals surface area contributed by atoms with E-state index in [-0.39, 0.29) is 0 Å². The molecule has 1 N–H and O–H groups in total. The van der Waals surface area contributed by atoms with Crippen LogP contribution in [0.4, 0.5) is 0 Å². The van der Waals surface area contributed by atoms with Crippen LogP contribution in [-0.4, -0.2) is 18.6 Å². The first kappa shape index (κ1) is 13.1. The predicted molar refractivity (Wildman–Crippen MR) is 62.6 cm³/mol. The quantitative estimate of drug-likeness (QED) is 0.800. The summed E-state index contributed by atoms with van der Waals surface area (Å²) >= 11 is 0. The van der Waals surface area contributed by atoms with Gasteiger partial charge in [0.05, 0.1) is 0 Å². The average Bonchev–Trinajstić information content (AvgIpc) is 2.22. The lowest BCUT2D eigenvalue weighted by molar-refractivity contribution is 0.864. The summed E-state index contributed by atoms with van der Waals surface area (Å²) in [6.45, 7) is 7.39. The molecule has 0 radical (unpaired) electrons. The Hall–Kier alpha value is -0.890. The summed E-state index contributed by atoms with van der Waals surface area (Å²) < 4.78 is 0. The molecule has 80 valence electrons. The van der Waals surface area contributed by atoms with Crippen molar-refractivity contribution in [2.75, 3.05) is 13.6 Å². The monoisotopic (exact) mass is 194 g/mol. The van der Waals surface area contributed by atoms with E-state index in [1.807, 2.05) is 19.3 Å². The van der Waals surface area contributed by atoms with Crippen molar-refractivity contribution >= 4 is 0 Å². The van der Waals surface area contributed by atoms with Crippen molar-refractivity contribution in [3.05, 3.63) is 29.6 Å². The largest absolute Gasteiger partial charge is 0.320 e. The molecule has 0 aliphatic carbocycles. The van der Waals surface area contributed by atoms with Gasteiger partial charge in [0.15, 0.2) is 0 Å². The van der Waals surface area contributed by atoms with E-state index in [9.17, 15) is 0 Å². The van der Waals surface area contributed by atoms with E-state index in [4.69, 9.17) is 0 Å². The molecule has 0 saturated carbocycles. The SMILES string of the molecule is CCCc1cccnc1C.CCNC. The molecule has 0 bridgehead atoms. The summed E-state index contributed by atoms with van der Waals surface area (Å²) in [5.74, 6) is 0. The smallest absolute Gasteiger partial charge is 0.0404 e. The minimum Gasteiger partial charge on any atom is -0.320 e. The first-order valence-corrected chi connectivity index (χ1v) is 5.31. The van der Waals surface area contributed by atoms with Crippen LogP contribution in [0.1, 0.15) is 31.5 Å². The normalized spacial score (nSPS) is 9.14. The predicted octanol–water partition coefficient (Wildman–Crippen LogP) is 2.57. The lowest BCUT2D eigenvalue weighted by Gasteiger charge is -2.00. The summed E-state index contributed by atoms with van der Waals surface area (Å²) in [4.78, 5) is 4.20. The van der Waals surface area contributed by atoms with Gasteiger partial charge in [0, 0.05) is 11.9 Å². The molecule has 0 saturated heterocycles. The Bertz CT molecular complexity index is 232. The number of pyridine rings is 1. The van der Waals surface area contributed by atoms with Crippen LogP contribution in [0.15, 0.2) is 18.3 Å². The van der Waals surface area contributed by atoms with Gasteiger partial charge in [-0.1, -0.05) is 26.3 Å². The molecule has 2 heteroatoms. The zero-order valence-corrected chi connectivity index (χ0v) is 9.80. The molecule has 0 amide bonds. The van der Waals surface area contributed by atoms with Crippen LogP contribution in [0.3, 0.4) is 0 Å². The van der Waals surface area contributed by atoms with E-state index in [0.717, 1.165) is 13.0 Å². The van der Waals surface area contributed by atoms with E-state index in [1.54, 1.807) is 0 Å². The van der Waals surface area contributed by atoms with Crippen molar-refractivity contribution in [2.24, 2.45) is 0 Å². The van der Waals surface area contributed by atoms with E-state index in [0.29, 0.717) is 0 Å². The van der Waals surface area contributed by atoms with Crippen LogP contribution < -0.4 is 5.32 Å². The average molecular weight is 194 g/mol. The third-order valence-corrected chi connectivity index (χ3v) is 1.99. The molecule has 0 unspecified atom stereocenters. The number of nitrogens with zero attached hydrogens (tertiary/aromatic N) is 1. The number of rotatable bonds is 3. The van der Waals surface area contributed by atoms with E-state index >= 15 is 0 Å². The fourth-order valence-electron chi connectivity index (χ4n) is 1.05. The fraction of sp³-hybridized carbons (Fsp3) is 0.583. The molecular formula is C12H22N2. The zero-order chi connectivity index (χ0) is 10.8. The molecule has 0 atom stereocenters. The maximum absolute atomic E-state index is 4.20. The fourth-order valence-corrected chi connectivity index (χ4v) is 1.05. The zero-order valence-electron chi connectivity index (χ0n) is 9.80. The molecule has 1 aromatic heterocycles. The van der Waals surface area contributed by atoms with E-state index in [1.165, 1.54) is 17.7 Å². The third-order valence-electron chi connectivity index (χ3n) is 1.99. The standard InChI is InChI=1S/C9H13N.C3H9N/c1-3-5-9-6-4-7-10-8(9)2;1-3-4-2/h4,6-7H,3,5H2,1-2H3;4H,3H2,1-2H3. The maximum atomic E-state index is 4.20. The van der Waals surface area contributed by atoms with Gasteiger partial charge in [-0.3, -0.25) is 4.98 Å². The van der Waals surface area contributed by atoms with E-state index in [2.05, 4.69) is 37.1 Å². The highest BCUT2D eigenvalue weighted by molar-refractivity contribution is 5.17. The first-order chi connectivity index (χ1) is 6.76. The van der Waals surface area contributed by atoms with Crippen molar-refractivity contribution in [3.8, 4) is 0 Å². The molecule has 0 aliphatic heterocycles. The summed E-state index contributed by atoms with van der Waals surface area (Å²) in [5.41, 5.74) is 2.55. The molecule has 0 spiro atoms. The van der Waals surface area contributed by atoms with Crippen LogP contribution in [0, 0.1) is 6.92 Å². The molecular weight excluding hydrogens is 172 g/mol. The summed E-state index contributed by atoms with van der Waals surface area (Å²) in [5, 5.41) is 2.93. The van der Waals surface area contributed by atoms with Gasteiger partial charge >= 0.3 is 0 Å². The van der Waals surface area contributed by atoms with Crippen LogP contribution in [0.2, 0.25) is 0 Å². The van der Waals surface area contributed by atoms with Crippen LogP contribution >= 0.6 is 0 Å². The van der Waals surface area contributed by atoms with Gasteiger partial charge in [0.2, 0.25) is 0 Å². The Morgan fingerprint density at radius 1 is 1.36 bits per heavy atom. The van der Waals surface area contributed by atoms with Crippen molar-refractivity contribution in [1.29, 1.82) is 0 Å². The highest BCUT2D eigenvalue weighted by Gasteiger charge is 1.93. The van der Waals surface area contributed by atoms with Crippen molar-refractivity contribution in [3.63, 3.8) is 0 Å². The lowest BCUT2D eigenvalue weighted by Crippen LogP contribution is -2.01. The Morgan fingerprint density at radius 3 is 2.43 bits per heavy atom. The maximum Gasteiger partial charge on any atom is 0.0404 e. The molecule has 14 heavy (non-hydrogen) atoms. The molecule has 1 heterocycles. The van der Waals surface area contributed by atoms with Crippen LogP contribution in [0.5, 0.6) is 0 Å². The number of nitrogens with one attached hydrogen (secondary N) is 1. The topological polar surface area (TPSA) is 24.9 Å². The van der Waals surface area contributed by atoms with Gasteiger partial charge < -0.3 is 5.32 Å². The Kier molecular flexibility index (Phi) is 8.14. The summed E-state index contributed by atoms with van der Waals surface area (Å²) in [6.07, 6.45) is 4.20. The molecule has 0 aromatic carbocycles. The minimum atomic E-state index is 1.07. The second-order valence-corrected chi connectivity index (χ2v) is 3.21. The van der Waals surface area contributed by atoms with Crippen molar-refractivity contribution < 1.29 is 0 Å². The van der Waals surface area contributed by atoms with Gasteiger partial charge in [-0.15, -0.1) is 0 Å². The number of aryl methyl sites for hydroxylation is 2. The molecule has 2 nitrogen and oxygen atoms in total. The molecule has 0 fully saturated rings. The van der Waals surface area contributed by atoms with Crippen molar-refractivity contribution in [2.45, 2.75) is 33.6 Å². The number of hydrogen-bond donors (Lipinski definition) is 1. The Morgan fingerprint density at radius 2 is 2.00 bits per heavy atom. The van der Waals surface area contributed by atoms with Crippen molar-refractivity contribution in [1.82, 2.24) is 10.3 Å². The van der Waals surface area contributed by atoms with Gasteiger partial charge in [-0.05, 0) is 38.6 Å². The first-order valence-electron chi connectivity index (χ1n) is 5.31. The highest BCUT2D eigenvalue weighted by Crippen LogP contribution is 2.05. The Balaban J connectivity index is 0.000000364. The third kappa shape index (κ3) is 5.70. The second-order valence-electron chi connectivity index (χ2n) is 3.21. The van der Waals surface area contributed by atoms with Gasteiger partial charge in [0.25, 0.3) is 0 Å². The van der Waals surface area contributed by atoms with E-state index < -0.39 is 0 Å². The Labute approximate surface area is 87.8 Å². The molecule has 1 rings (SSSR count). The van der Waals surface area contributed by atoms with Gasteiger partial charge in [0.1, 0.15) is 0 Å². The van der Waals surface area contributed by atoms with Gasteiger partial charge in [-0.25, -0.2) is 0 Å². The highest BCUT2D eigenvalue weighted by atomic mass is 14.8. The van der Waals surface area contributed by atoms with Gasteiger partial charge in [-0.2, -0.15) is 0 Å². The summed E-state index contributed by atoms with van der Waals surface area (Å²) in [7, 11) is 1.93. The lowest BCUT2D eigenvalue weighted by atomic mass is 10.1. The van der Waals surface area contributed by atoms with Crippen LogP contribution in [-0.2, 0) is 6.42 Å². The second kappa shape index (κ2) is 8.70. The summed E-state index contributed by atoms with van der Waals surface area (Å²) in [6, 6.07) is 4.14.